The lowest BCUT2D eigenvalue weighted by molar-refractivity contribution is 0.0207. The van der Waals surface area contributed by atoms with Crippen LogP contribution in [0.25, 0.3) is 0 Å². The lowest BCUT2D eigenvalue weighted by Crippen LogP contribution is -2.57. The van der Waals surface area contributed by atoms with Gasteiger partial charge in [-0.1, -0.05) is 26.7 Å². The van der Waals surface area contributed by atoms with Gasteiger partial charge >= 0.3 is 6.09 Å². The van der Waals surface area contributed by atoms with Crippen LogP contribution in [0.15, 0.2) is 0 Å². The van der Waals surface area contributed by atoms with E-state index in [0.717, 1.165) is 30.8 Å². The molecule has 1 N–H and O–H groups in total. The van der Waals surface area contributed by atoms with Crippen LogP contribution in [0.2, 0.25) is 0 Å². The molecule has 116 valence electrons. The number of carbonyl (C=O) groups excluding carboxylic acids is 1. The van der Waals surface area contributed by atoms with E-state index in [1.54, 1.807) is 0 Å². The van der Waals surface area contributed by atoms with Crippen LogP contribution >= 0.6 is 0 Å². The number of nitrogens with zero attached hydrogens (tertiary/aromatic N) is 1. The maximum atomic E-state index is 11.5. The van der Waals surface area contributed by atoms with Crippen molar-refractivity contribution in [3.63, 3.8) is 0 Å². The number of rotatable bonds is 5. The highest BCUT2D eigenvalue weighted by atomic mass is 16.5. The van der Waals surface area contributed by atoms with Crippen molar-refractivity contribution in [3.8, 4) is 0 Å². The number of methoxy groups -OCH3 is 1. The minimum atomic E-state index is -0.284. The maximum Gasteiger partial charge on any atom is 0.407 e. The van der Waals surface area contributed by atoms with Crippen LogP contribution < -0.4 is 5.32 Å². The molecule has 2 aliphatic rings. The summed E-state index contributed by atoms with van der Waals surface area (Å²) in [7, 11) is 1.44. The predicted molar refractivity (Wildman–Crippen MR) is 80.7 cm³/mol. The van der Waals surface area contributed by atoms with Gasteiger partial charge in [0.1, 0.15) is 0 Å². The smallest absolute Gasteiger partial charge is 0.407 e. The fraction of sp³-hybridized carbons (Fsp3) is 0.938. The Morgan fingerprint density at radius 2 is 2.15 bits per heavy atom. The zero-order valence-corrected chi connectivity index (χ0v) is 13.2. The molecule has 1 saturated carbocycles. The van der Waals surface area contributed by atoms with Crippen LogP contribution in [0.5, 0.6) is 0 Å². The minimum Gasteiger partial charge on any atom is -0.453 e. The molecular formula is C16H30N2O2. The molecule has 0 radical (unpaired) electrons. The van der Waals surface area contributed by atoms with Gasteiger partial charge in [-0.2, -0.15) is 0 Å². The Morgan fingerprint density at radius 1 is 1.35 bits per heavy atom. The van der Waals surface area contributed by atoms with Gasteiger partial charge < -0.3 is 10.1 Å². The quantitative estimate of drug-likeness (QED) is 0.842. The van der Waals surface area contributed by atoms with Gasteiger partial charge in [0.25, 0.3) is 0 Å². The van der Waals surface area contributed by atoms with E-state index < -0.39 is 0 Å². The molecule has 2 rings (SSSR count). The number of likely N-dealkylation sites (tertiary alicyclic amines) is 1. The zero-order valence-electron chi connectivity index (χ0n) is 13.2. The van der Waals surface area contributed by atoms with Crippen LogP contribution in [-0.4, -0.2) is 43.3 Å². The molecule has 4 atom stereocenters. The van der Waals surface area contributed by atoms with Gasteiger partial charge in [0.15, 0.2) is 0 Å². The highest BCUT2D eigenvalue weighted by molar-refractivity contribution is 5.67. The highest BCUT2D eigenvalue weighted by Crippen LogP contribution is 2.35. The van der Waals surface area contributed by atoms with Gasteiger partial charge in [-0.05, 0) is 37.5 Å². The summed E-state index contributed by atoms with van der Waals surface area (Å²) in [5, 5.41) is 3.02. The summed E-state index contributed by atoms with van der Waals surface area (Å²) >= 11 is 0. The van der Waals surface area contributed by atoms with Gasteiger partial charge in [0, 0.05) is 25.2 Å². The third-order valence-corrected chi connectivity index (χ3v) is 5.08. The van der Waals surface area contributed by atoms with E-state index in [4.69, 9.17) is 4.74 Å². The van der Waals surface area contributed by atoms with Gasteiger partial charge in [-0.3, -0.25) is 4.90 Å². The Kier molecular flexibility index (Phi) is 5.70. The second-order valence-electron chi connectivity index (χ2n) is 6.65. The van der Waals surface area contributed by atoms with Crippen LogP contribution in [0, 0.1) is 11.8 Å². The molecule has 1 aliphatic carbocycles. The summed E-state index contributed by atoms with van der Waals surface area (Å²) in [5.41, 5.74) is 0. The number of carbonyl (C=O) groups is 1. The number of alkyl carbamates (subject to hydrolysis) is 1. The molecule has 0 aromatic carbocycles. The Bertz CT molecular complexity index is 322. The Labute approximate surface area is 123 Å². The van der Waals surface area contributed by atoms with E-state index in [0.29, 0.717) is 0 Å². The van der Waals surface area contributed by atoms with E-state index in [2.05, 4.69) is 24.1 Å². The van der Waals surface area contributed by atoms with E-state index in [9.17, 15) is 4.79 Å². The van der Waals surface area contributed by atoms with E-state index in [1.165, 1.54) is 45.8 Å². The average molecular weight is 282 g/mol. The molecule has 1 aliphatic heterocycles. The molecule has 4 nitrogen and oxygen atoms in total. The molecule has 4 unspecified atom stereocenters. The number of amides is 1. The molecule has 1 amide bonds. The monoisotopic (exact) mass is 282 g/mol. The Hall–Kier alpha value is -0.770. The van der Waals surface area contributed by atoms with E-state index in [-0.39, 0.29) is 12.1 Å². The maximum absolute atomic E-state index is 11.5. The second kappa shape index (κ2) is 7.30. The largest absolute Gasteiger partial charge is 0.453 e. The fourth-order valence-corrected chi connectivity index (χ4v) is 3.74. The van der Waals surface area contributed by atoms with Crippen molar-refractivity contribution < 1.29 is 9.53 Å². The molecule has 1 saturated heterocycles. The van der Waals surface area contributed by atoms with Crippen molar-refractivity contribution in [1.82, 2.24) is 10.2 Å². The normalized spacial score (nSPS) is 34.4. The summed E-state index contributed by atoms with van der Waals surface area (Å²) in [6.45, 7) is 6.81. The standard InChI is InChI=1S/C16H30N2O2/c1-4-5-6-13-9-14(17-16(19)20-3)11-18(10-13)15-8-7-12(15)2/h12-15H,4-11H2,1-3H3,(H,17,19). The summed E-state index contributed by atoms with van der Waals surface area (Å²) in [5.74, 6) is 1.54. The second-order valence-corrected chi connectivity index (χ2v) is 6.65. The number of nitrogens with one attached hydrogen (secondary N) is 1. The number of ether oxygens (including phenoxy) is 1. The number of hydrogen-bond acceptors (Lipinski definition) is 3. The summed E-state index contributed by atoms with van der Waals surface area (Å²) in [6.07, 6.45) is 7.34. The number of unbranched alkanes of at least 4 members (excludes halogenated alkanes) is 1. The summed E-state index contributed by atoms with van der Waals surface area (Å²) in [6, 6.07) is 0.993. The van der Waals surface area contributed by atoms with Gasteiger partial charge in [0.05, 0.1) is 7.11 Å². The zero-order chi connectivity index (χ0) is 14.5. The molecule has 0 aromatic rings. The lowest BCUT2D eigenvalue weighted by atomic mass is 9.77. The lowest BCUT2D eigenvalue weighted by Gasteiger charge is -2.48. The molecule has 0 bridgehead atoms. The third-order valence-electron chi connectivity index (χ3n) is 5.08. The van der Waals surface area contributed by atoms with Gasteiger partial charge in [-0.25, -0.2) is 4.79 Å². The average Bonchev–Trinajstić information content (AvgIpc) is 2.43. The molecule has 0 spiro atoms. The fourth-order valence-electron chi connectivity index (χ4n) is 3.74. The molecular weight excluding hydrogens is 252 g/mol. The molecule has 1 heterocycles. The van der Waals surface area contributed by atoms with Crippen LogP contribution in [0.1, 0.15) is 52.4 Å². The SMILES string of the molecule is CCCCC1CC(NC(=O)OC)CN(C2CCC2C)C1. The van der Waals surface area contributed by atoms with Gasteiger partial charge in [-0.15, -0.1) is 0 Å². The van der Waals surface area contributed by atoms with Crippen LogP contribution in [0.4, 0.5) is 4.79 Å². The Balaban J connectivity index is 1.92. The van der Waals surface area contributed by atoms with E-state index in [1.807, 2.05) is 0 Å². The molecule has 2 fully saturated rings. The number of hydrogen-bond donors (Lipinski definition) is 1. The van der Waals surface area contributed by atoms with E-state index >= 15 is 0 Å². The third kappa shape index (κ3) is 3.87. The molecule has 20 heavy (non-hydrogen) atoms. The first kappa shape index (κ1) is 15.6. The first-order valence-corrected chi connectivity index (χ1v) is 8.22. The van der Waals surface area contributed by atoms with Crippen molar-refractivity contribution in [1.29, 1.82) is 0 Å². The van der Waals surface area contributed by atoms with Crippen LogP contribution in [-0.2, 0) is 4.74 Å². The van der Waals surface area contributed by atoms with Crippen LogP contribution in [0.3, 0.4) is 0 Å². The predicted octanol–water partition coefficient (Wildman–Crippen LogP) is 3.02. The topological polar surface area (TPSA) is 41.6 Å². The van der Waals surface area contributed by atoms with Gasteiger partial charge in [0.2, 0.25) is 0 Å². The van der Waals surface area contributed by atoms with Crippen molar-refractivity contribution in [2.24, 2.45) is 11.8 Å². The summed E-state index contributed by atoms with van der Waals surface area (Å²) < 4.78 is 4.76. The van der Waals surface area contributed by atoms with Crippen molar-refractivity contribution in [2.45, 2.75) is 64.5 Å². The first-order valence-electron chi connectivity index (χ1n) is 8.22. The molecule has 0 aromatic heterocycles. The van der Waals surface area contributed by atoms with Crippen molar-refractivity contribution in [2.75, 3.05) is 20.2 Å². The Morgan fingerprint density at radius 3 is 2.70 bits per heavy atom. The first-order chi connectivity index (χ1) is 9.63. The molecule has 4 heteroatoms. The van der Waals surface area contributed by atoms with Crippen molar-refractivity contribution >= 4 is 6.09 Å². The minimum absolute atomic E-state index is 0.255. The number of piperidine rings is 1. The summed E-state index contributed by atoms with van der Waals surface area (Å²) in [4.78, 5) is 14.1. The van der Waals surface area contributed by atoms with Crippen molar-refractivity contribution in [3.05, 3.63) is 0 Å². The highest BCUT2D eigenvalue weighted by Gasteiger charge is 2.37.